The molecule has 16 heavy (non-hydrogen) atoms. The van der Waals surface area contributed by atoms with Crippen LogP contribution in [0, 0.1) is 16.7 Å². The number of alkyl halides is 1. The van der Waals surface area contributed by atoms with Crippen molar-refractivity contribution in [1.82, 2.24) is 0 Å². The summed E-state index contributed by atoms with van der Waals surface area (Å²) in [5.41, 5.74) is 2.37. The maximum atomic E-state index is 6.65. The predicted octanol–water partition coefficient (Wildman–Crippen LogP) is 5.17. The second-order valence-corrected chi connectivity index (χ2v) is 7.37. The van der Waals surface area contributed by atoms with Crippen molar-refractivity contribution in [3.8, 4) is 0 Å². The van der Waals surface area contributed by atoms with Gasteiger partial charge in [0.25, 0.3) is 0 Å². The van der Waals surface area contributed by atoms with Crippen molar-refractivity contribution in [2.75, 3.05) is 0 Å². The maximum Gasteiger partial charge on any atom is 0.0397 e. The quantitative estimate of drug-likeness (QED) is 0.405. The van der Waals surface area contributed by atoms with Gasteiger partial charge in [-0.2, -0.15) is 0 Å². The fourth-order valence-corrected chi connectivity index (χ4v) is 4.76. The largest absolute Gasteiger partial charge is 0.122 e. The summed E-state index contributed by atoms with van der Waals surface area (Å²) in [6.45, 7) is 9.54. The minimum absolute atomic E-state index is 0.363. The Balaban J connectivity index is 2.29. The lowest BCUT2D eigenvalue weighted by Gasteiger charge is -2.40. The first kappa shape index (κ1) is 12.5. The number of halogens is 1. The average molecular weight is 241 g/mol. The van der Waals surface area contributed by atoms with E-state index in [1.807, 2.05) is 0 Å². The monoisotopic (exact) mass is 240 g/mol. The minimum Gasteiger partial charge on any atom is -0.122 e. The molecule has 0 heterocycles. The van der Waals surface area contributed by atoms with Gasteiger partial charge in [0.2, 0.25) is 0 Å². The van der Waals surface area contributed by atoms with Crippen LogP contribution in [-0.2, 0) is 0 Å². The van der Waals surface area contributed by atoms with E-state index in [9.17, 15) is 0 Å². The van der Waals surface area contributed by atoms with Gasteiger partial charge in [-0.1, -0.05) is 32.4 Å². The van der Waals surface area contributed by atoms with Crippen molar-refractivity contribution in [2.45, 2.75) is 65.2 Å². The molecule has 0 aliphatic heterocycles. The number of hydrogen-bond acceptors (Lipinski definition) is 0. The summed E-state index contributed by atoms with van der Waals surface area (Å²) in [6, 6.07) is 0. The highest BCUT2D eigenvalue weighted by Gasteiger charge is 2.54. The summed E-state index contributed by atoms with van der Waals surface area (Å²) in [5, 5.41) is 0.374. The summed E-state index contributed by atoms with van der Waals surface area (Å²) in [4.78, 5) is 0. The molecular weight excluding hydrogens is 216 g/mol. The molecular formula is C15H25Cl. The fraction of sp³-hybridized carbons (Fsp3) is 0.867. The minimum atomic E-state index is 0.363. The van der Waals surface area contributed by atoms with Crippen LogP contribution in [0.2, 0.25) is 0 Å². The Kier molecular flexibility index (Phi) is 3.16. The van der Waals surface area contributed by atoms with Gasteiger partial charge in [0.1, 0.15) is 0 Å². The fourth-order valence-electron chi connectivity index (χ4n) is 4.10. The molecule has 92 valence electrons. The highest BCUT2D eigenvalue weighted by atomic mass is 35.5. The zero-order chi connectivity index (χ0) is 12.0. The van der Waals surface area contributed by atoms with Crippen LogP contribution in [0.3, 0.4) is 0 Å². The Bertz CT molecular complexity index is 303. The Labute approximate surface area is 105 Å². The summed E-state index contributed by atoms with van der Waals surface area (Å²) in [7, 11) is 0. The molecule has 1 saturated carbocycles. The van der Waals surface area contributed by atoms with Gasteiger partial charge in [0, 0.05) is 5.38 Å². The zero-order valence-corrected chi connectivity index (χ0v) is 11.9. The van der Waals surface area contributed by atoms with Gasteiger partial charge in [-0.05, 0) is 55.8 Å². The van der Waals surface area contributed by atoms with Crippen LogP contribution < -0.4 is 0 Å². The lowest BCUT2D eigenvalue weighted by molar-refractivity contribution is 0.120. The molecule has 1 fully saturated rings. The van der Waals surface area contributed by atoms with Gasteiger partial charge in [-0.3, -0.25) is 0 Å². The van der Waals surface area contributed by atoms with Crippen LogP contribution in [0.5, 0.6) is 0 Å². The van der Waals surface area contributed by atoms with E-state index < -0.39 is 0 Å². The lowest BCUT2D eigenvalue weighted by Crippen LogP contribution is -2.33. The van der Waals surface area contributed by atoms with Crippen molar-refractivity contribution in [3.05, 3.63) is 11.6 Å². The van der Waals surface area contributed by atoms with Crippen LogP contribution in [0.25, 0.3) is 0 Å². The van der Waals surface area contributed by atoms with Crippen molar-refractivity contribution in [2.24, 2.45) is 16.7 Å². The molecule has 0 aromatic heterocycles. The first-order chi connectivity index (χ1) is 7.36. The average Bonchev–Trinajstić information content (AvgIpc) is 2.28. The van der Waals surface area contributed by atoms with E-state index in [2.05, 4.69) is 33.8 Å². The van der Waals surface area contributed by atoms with Gasteiger partial charge < -0.3 is 0 Å². The summed E-state index contributed by atoms with van der Waals surface area (Å²) in [5.74, 6) is 0.797. The number of fused-ring (bicyclic) bond motifs is 1. The van der Waals surface area contributed by atoms with E-state index in [0.717, 1.165) is 5.92 Å². The zero-order valence-electron chi connectivity index (χ0n) is 11.1. The van der Waals surface area contributed by atoms with Gasteiger partial charge >= 0.3 is 0 Å². The first-order valence-corrected chi connectivity index (χ1v) is 7.09. The van der Waals surface area contributed by atoms with Gasteiger partial charge in [0.05, 0.1) is 0 Å². The molecule has 0 unspecified atom stereocenters. The summed E-state index contributed by atoms with van der Waals surface area (Å²) in [6.07, 6.45) is 8.71. The molecule has 2 rings (SSSR count). The molecule has 0 amide bonds. The number of allylic oxidation sites excluding steroid dienone is 2. The van der Waals surface area contributed by atoms with Crippen molar-refractivity contribution < 1.29 is 0 Å². The number of rotatable bonds is 0. The van der Waals surface area contributed by atoms with Crippen molar-refractivity contribution in [1.29, 1.82) is 0 Å². The van der Waals surface area contributed by atoms with Gasteiger partial charge in [-0.15, -0.1) is 11.6 Å². The van der Waals surface area contributed by atoms with Crippen LogP contribution >= 0.6 is 11.6 Å². The third kappa shape index (κ3) is 1.94. The lowest BCUT2D eigenvalue weighted by atomic mass is 9.66. The van der Waals surface area contributed by atoms with E-state index in [-0.39, 0.29) is 0 Å². The third-order valence-corrected chi connectivity index (χ3v) is 5.82. The molecule has 3 atom stereocenters. The van der Waals surface area contributed by atoms with E-state index >= 15 is 0 Å². The first-order valence-electron chi connectivity index (χ1n) is 6.66. The van der Waals surface area contributed by atoms with Gasteiger partial charge in [-0.25, -0.2) is 0 Å². The molecule has 2 aliphatic rings. The van der Waals surface area contributed by atoms with E-state index in [0.29, 0.717) is 16.2 Å². The predicted molar refractivity (Wildman–Crippen MR) is 71.9 cm³/mol. The standard InChI is InChI=1S/C15H25Cl/c1-11-6-5-9-15(4)12(8-7-11)14(2,3)10-13(15)16/h6,12-13H,5,7-10H2,1-4H3/b11-6-/t12-,13-,15-/m0/s1. The summed E-state index contributed by atoms with van der Waals surface area (Å²) >= 11 is 6.65. The molecule has 0 saturated heterocycles. The van der Waals surface area contributed by atoms with E-state index in [1.165, 1.54) is 32.1 Å². The number of hydrogen-bond donors (Lipinski definition) is 0. The summed E-state index contributed by atoms with van der Waals surface area (Å²) < 4.78 is 0. The van der Waals surface area contributed by atoms with Gasteiger partial charge in [0.15, 0.2) is 0 Å². The smallest absolute Gasteiger partial charge is 0.0397 e. The molecule has 0 bridgehead atoms. The molecule has 0 radical (unpaired) electrons. The second-order valence-electron chi connectivity index (χ2n) is 6.85. The Hall–Kier alpha value is 0.0300. The Morgan fingerprint density at radius 2 is 2.00 bits per heavy atom. The molecule has 0 nitrogen and oxygen atoms in total. The van der Waals surface area contributed by atoms with E-state index in [1.54, 1.807) is 5.57 Å². The van der Waals surface area contributed by atoms with Crippen LogP contribution in [0.4, 0.5) is 0 Å². The van der Waals surface area contributed by atoms with Crippen LogP contribution in [0.1, 0.15) is 59.8 Å². The van der Waals surface area contributed by atoms with Crippen LogP contribution in [-0.4, -0.2) is 5.38 Å². The Morgan fingerprint density at radius 3 is 2.69 bits per heavy atom. The maximum absolute atomic E-state index is 6.65. The second kappa shape index (κ2) is 4.05. The molecule has 1 heteroatoms. The highest BCUT2D eigenvalue weighted by Crippen LogP contribution is 2.60. The third-order valence-electron chi connectivity index (χ3n) is 5.16. The molecule has 0 spiro atoms. The topological polar surface area (TPSA) is 0 Å². The SMILES string of the molecule is C/C1=C/CC[C@]2(C)[C@@H](Cl)CC(C)(C)[C@@H]2CC1. The van der Waals surface area contributed by atoms with E-state index in [4.69, 9.17) is 11.6 Å². The van der Waals surface area contributed by atoms with Crippen molar-refractivity contribution >= 4 is 11.6 Å². The highest BCUT2D eigenvalue weighted by molar-refractivity contribution is 6.21. The van der Waals surface area contributed by atoms with Crippen LogP contribution in [0.15, 0.2) is 11.6 Å². The molecule has 0 aromatic carbocycles. The normalized spacial score (nSPS) is 46.4. The van der Waals surface area contributed by atoms with Crippen molar-refractivity contribution in [3.63, 3.8) is 0 Å². The molecule has 0 N–H and O–H groups in total. The molecule has 2 aliphatic carbocycles. The molecule has 0 aromatic rings. The Morgan fingerprint density at radius 1 is 1.31 bits per heavy atom.